The molecule has 0 aliphatic heterocycles. The number of hydrazine groups is 1. The van der Waals surface area contributed by atoms with Crippen molar-refractivity contribution in [2.45, 2.75) is 46.1 Å². The fourth-order valence-electron chi connectivity index (χ4n) is 1.54. The summed E-state index contributed by atoms with van der Waals surface area (Å²) in [5.74, 6) is 7.66. The molecule has 0 aliphatic carbocycles. The highest BCUT2D eigenvalue weighted by Crippen LogP contribution is 2.22. The maximum absolute atomic E-state index is 9.37. The molecule has 1 atom stereocenters. The van der Waals surface area contributed by atoms with Crippen LogP contribution in [0.4, 0.5) is 11.6 Å². The van der Waals surface area contributed by atoms with E-state index >= 15 is 0 Å². The number of nitrogens with one attached hydrogen (secondary N) is 2. The van der Waals surface area contributed by atoms with E-state index in [9.17, 15) is 5.11 Å². The van der Waals surface area contributed by atoms with Crippen molar-refractivity contribution >= 4 is 11.6 Å². The van der Waals surface area contributed by atoms with Crippen LogP contribution in [0.15, 0.2) is 6.07 Å². The third kappa shape index (κ3) is 4.33. The summed E-state index contributed by atoms with van der Waals surface area (Å²) in [6.45, 7) is 10.3. The summed E-state index contributed by atoms with van der Waals surface area (Å²) in [5.41, 5.74) is 2.38. The molecule has 1 unspecified atom stereocenters. The van der Waals surface area contributed by atoms with Crippen molar-refractivity contribution in [2.24, 2.45) is 11.8 Å². The van der Waals surface area contributed by atoms with Crippen molar-refractivity contribution in [1.82, 2.24) is 9.97 Å². The van der Waals surface area contributed by atoms with Crippen molar-refractivity contribution in [3.63, 3.8) is 0 Å². The van der Waals surface area contributed by atoms with E-state index in [0.29, 0.717) is 23.4 Å². The number of aromatic nitrogens is 2. The van der Waals surface area contributed by atoms with Crippen LogP contribution in [0.5, 0.6) is 0 Å². The van der Waals surface area contributed by atoms with Crippen molar-refractivity contribution in [1.29, 1.82) is 0 Å². The highest BCUT2D eigenvalue weighted by Gasteiger charge is 2.20. The molecule has 1 rings (SSSR count). The molecule has 1 aromatic rings. The first kappa shape index (κ1) is 15.7. The zero-order valence-electron chi connectivity index (χ0n) is 12.4. The van der Waals surface area contributed by atoms with Gasteiger partial charge in [-0.2, -0.15) is 0 Å². The van der Waals surface area contributed by atoms with E-state index in [1.54, 1.807) is 6.07 Å². The Balaban J connectivity index is 3.07. The summed E-state index contributed by atoms with van der Waals surface area (Å²) in [7, 11) is 0. The molecular formula is C13H25N5O. The van der Waals surface area contributed by atoms with Crippen molar-refractivity contribution in [2.75, 3.05) is 17.3 Å². The minimum atomic E-state index is -0.171. The summed E-state index contributed by atoms with van der Waals surface area (Å²) < 4.78 is 0. The minimum absolute atomic E-state index is 0.0478. The van der Waals surface area contributed by atoms with Crippen LogP contribution in [0.1, 0.15) is 40.4 Å². The van der Waals surface area contributed by atoms with Gasteiger partial charge in [-0.15, -0.1) is 0 Å². The lowest BCUT2D eigenvalue weighted by Gasteiger charge is -2.23. The lowest BCUT2D eigenvalue weighted by molar-refractivity contribution is 0.249. The molecule has 0 saturated heterocycles. The number of hydrogen-bond donors (Lipinski definition) is 4. The Hall–Kier alpha value is -1.40. The van der Waals surface area contributed by atoms with Gasteiger partial charge in [0.1, 0.15) is 17.5 Å². The van der Waals surface area contributed by atoms with Crippen LogP contribution in [0.2, 0.25) is 0 Å². The third-order valence-corrected chi connectivity index (χ3v) is 2.88. The van der Waals surface area contributed by atoms with Crippen LogP contribution in [-0.2, 0) is 5.41 Å². The maximum Gasteiger partial charge on any atom is 0.145 e. The molecular weight excluding hydrogens is 242 g/mol. The summed E-state index contributed by atoms with van der Waals surface area (Å²) in [4.78, 5) is 8.85. The van der Waals surface area contributed by atoms with Crippen LogP contribution in [0.3, 0.4) is 0 Å². The van der Waals surface area contributed by atoms with E-state index < -0.39 is 0 Å². The molecule has 0 aliphatic rings. The Morgan fingerprint density at radius 1 is 1.26 bits per heavy atom. The molecule has 0 saturated carbocycles. The molecule has 1 aromatic heterocycles. The standard InChI is InChI=1S/C13H25N5O/c1-8(2)9(7-19)15-10-6-11(18-14)17-12(16-10)13(3,4)5/h6,8-9,19H,7,14H2,1-5H3,(H2,15,16,17,18). The van der Waals surface area contributed by atoms with Gasteiger partial charge in [-0.1, -0.05) is 34.6 Å². The van der Waals surface area contributed by atoms with E-state index in [1.165, 1.54) is 0 Å². The second-order valence-electron chi connectivity index (χ2n) is 6.03. The molecule has 0 aromatic carbocycles. The quantitative estimate of drug-likeness (QED) is 0.477. The third-order valence-electron chi connectivity index (χ3n) is 2.88. The van der Waals surface area contributed by atoms with Gasteiger partial charge in [0.15, 0.2) is 0 Å². The van der Waals surface area contributed by atoms with Crippen LogP contribution < -0.4 is 16.6 Å². The van der Waals surface area contributed by atoms with Gasteiger partial charge in [0, 0.05) is 11.5 Å². The van der Waals surface area contributed by atoms with Gasteiger partial charge >= 0.3 is 0 Å². The molecule has 5 N–H and O–H groups in total. The largest absolute Gasteiger partial charge is 0.394 e. The number of aliphatic hydroxyl groups excluding tert-OH is 1. The zero-order valence-corrected chi connectivity index (χ0v) is 12.4. The van der Waals surface area contributed by atoms with Crippen LogP contribution in [0.25, 0.3) is 0 Å². The highest BCUT2D eigenvalue weighted by atomic mass is 16.3. The topological polar surface area (TPSA) is 96.1 Å². The second-order valence-corrected chi connectivity index (χ2v) is 6.03. The molecule has 0 fully saturated rings. The number of nitrogens with two attached hydrogens (primary N) is 1. The Labute approximate surface area is 114 Å². The first-order valence-corrected chi connectivity index (χ1v) is 6.51. The SMILES string of the molecule is CC(C)C(CO)Nc1cc(NN)nc(C(C)(C)C)n1. The summed E-state index contributed by atoms with van der Waals surface area (Å²) >= 11 is 0. The van der Waals surface area contributed by atoms with E-state index in [2.05, 4.69) is 20.7 Å². The van der Waals surface area contributed by atoms with Crippen LogP contribution in [-0.4, -0.2) is 27.7 Å². The van der Waals surface area contributed by atoms with Gasteiger partial charge in [0.2, 0.25) is 0 Å². The zero-order chi connectivity index (χ0) is 14.6. The lowest BCUT2D eigenvalue weighted by Crippen LogP contribution is -2.30. The Morgan fingerprint density at radius 2 is 1.84 bits per heavy atom. The Morgan fingerprint density at radius 3 is 2.26 bits per heavy atom. The molecule has 0 spiro atoms. The Kier molecular flexibility index (Phi) is 5.08. The predicted molar refractivity (Wildman–Crippen MR) is 77.9 cm³/mol. The van der Waals surface area contributed by atoms with Gasteiger partial charge in [0.05, 0.1) is 12.6 Å². The number of nitrogens with zero attached hydrogens (tertiary/aromatic N) is 2. The van der Waals surface area contributed by atoms with E-state index in [-0.39, 0.29) is 18.1 Å². The van der Waals surface area contributed by atoms with Crippen molar-refractivity contribution < 1.29 is 5.11 Å². The number of aliphatic hydroxyl groups is 1. The number of anilines is 2. The second kappa shape index (κ2) is 6.16. The van der Waals surface area contributed by atoms with E-state index in [4.69, 9.17) is 5.84 Å². The molecule has 6 nitrogen and oxygen atoms in total. The Bertz CT molecular complexity index is 414. The molecule has 0 amide bonds. The average Bonchev–Trinajstić information content (AvgIpc) is 2.34. The number of rotatable bonds is 5. The molecule has 0 radical (unpaired) electrons. The van der Waals surface area contributed by atoms with Gasteiger partial charge in [0.25, 0.3) is 0 Å². The molecule has 1 heterocycles. The van der Waals surface area contributed by atoms with Gasteiger partial charge in [-0.25, -0.2) is 15.8 Å². The van der Waals surface area contributed by atoms with Gasteiger partial charge < -0.3 is 15.8 Å². The van der Waals surface area contributed by atoms with Crippen molar-refractivity contribution in [3.05, 3.63) is 11.9 Å². The summed E-state index contributed by atoms with van der Waals surface area (Å²) in [6.07, 6.45) is 0. The van der Waals surface area contributed by atoms with Crippen molar-refractivity contribution in [3.8, 4) is 0 Å². The maximum atomic E-state index is 9.37. The first-order valence-electron chi connectivity index (χ1n) is 6.51. The van der Waals surface area contributed by atoms with Gasteiger partial charge in [-0.3, -0.25) is 0 Å². The molecule has 0 bridgehead atoms. The smallest absolute Gasteiger partial charge is 0.145 e. The average molecular weight is 267 g/mol. The highest BCUT2D eigenvalue weighted by molar-refractivity contribution is 5.48. The predicted octanol–water partition coefficient (Wildman–Crippen LogP) is 1.49. The number of nitrogen functional groups attached to an aromatic ring is 1. The monoisotopic (exact) mass is 267 g/mol. The van der Waals surface area contributed by atoms with E-state index in [1.807, 2.05) is 34.6 Å². The normalized spacial score (nSPS) is 13.5. The number of hydrogen-bond acceptors (Lipinski definition) is 6. The summed E-state index contributed by atoms with van der Waals surface area (Å²) in [5, 5.41) is 12.6. The van der Waals surface area contributed by atoms with Crippen LogP contribution in [0, 0.1) is 5.92 Å². The van der Waals surface area contributed by atoms with Crippen LogP contribution >= 0.6 is 0 Å². The fraction of sp³-hybridized carbons (Fsp3) is 0.692. The molecule has 108 valence electrons. The minimum Gasteiger partial charge on any atom is -0.394 e. The van der Waals surface area contributed by atoms with Gasteiger partial charge in [-0.05, 0) is 5.92 Å². The fourth-order valence-corrected chi connectivity index (χ4v) is 1.54. The first-order chi connectivity index (χ1) is 8.77. The molecule has 19 heavy (non-hydrogen) atoms. The lowest BCUT2D eigenvalue weighted by atomic mass is 9.96. The summed E-state index contributed by atoms with van der Waals surface area (Å²) in [6, 6.07) is 1.69. The van der Waals surface area contributed by atoms with E-state index in [0.717, 1.165) is 0 Å². The molecule has 6 heteroatoms.